The van der Waals surface area contributed by atoms with E-state index in [1.807, 2.05) is 0 Å². The Hall–Kier alpha value is -0.660. The molecule has 0 aromatic heterocycles. The van der Waals surface area contributed by atoms with Crippen LogP contribution in [-0.4, -0.2) is 58.2 Å². The average Bonchev–Trinajstić information content (AvgIpc) is 2.27. The van der Waals surface area contributed by atoms with Crippen molar-refractivity contribution in [3.63, 3.8) is 0 Å². The minimum Gasteiger partial charge on any atom is -0.378 e. The van der Waals surface area contributed by atoms with Crippen LogP contribution in [-0.2, 0) is 19.4 Å². The van der Waals surface area contributed by atoms with Crippen molar-refractivity contribution < 1.29 is 17.9 Å². The summed E-state index contributed by atoms with van der Waals surface area (Å²) in [5.41, 5.74) is 0. The predicted molar refractivity (Wildman–Crippen MR) is 73.8 cm³/mol. The zero-order chi connectivity index (χ0) is 14.3. The smallest absolute Gasteiger partial charge is 0.222 e. The van der Waals surface area contributed by atoms with Gasteiger partial charge in [-0.2, -0.15) is 0 Å². The lowest BCUT2D eigenvalue weighted by Gasteiger charge is -2.23. The molecule has 0 aromatic carbocycles. The number of nitrogens with one attached hydrogen (secondary N) is 2. The highest BCUT2D eigenvalue weighted by Crippen LogP contribution is 2.07. The molecule has 6 nitrogen and oxygen atoms in total. The van der Waals surface area contributed by atoms with Gasteiger partial charge in [0.2, 0.25) is 5.91 Å². The fraction of sp³-hybridized carbons (Fsp3) is 0.917. The molecule has 1 amide bonds. The molecule has 1 atom stereocenters. The molecule has 19 heavy (non-hydrogen) atoms. The molecule has 1 aliphatic heterocycles. The number of carbonyl (C=O) groups is 1. The highest BCUT2D eigenvalue weighted by molar-refractivity contribution is 7.90. The molecule has 1 saturated heterocycles. The number of hydrogen-bond acceptors (Lipinski definition) is 5. The third-order valence-electron chi connectivity index (χ3n) is 2.93. The Morgan fingerprint density at radius 3 is 2.63 bits per heavy atom. The molecule has 0 spiro atoms. The second kappa shape index (κ2) is 7.81. The van der Waals surface area contributed by atoms with Crippen molar-refractivity contribution >= 4 is 15.7 Å². The summed E-state index contributed by atoms with van der Waals surface area (Å²) >= 11 is 0. The standard InChI is InChI=1S/C12H24N2O4S/c1-10(9-19(2,16)17)14-12(15)5-8-18-11-3-6-13-7-4-11/h10-11,13H,3-9H2,1-2H3,(H,14,15). The topological polar surface area (TPSA) is 84.5 Å². The predicted octanol–water partition coefficient (Wildman–Crippen LogP) is -0.306. The van der Waals surface area contributed by atoms with Gasteiger partial charge in [0, 0.05) is 18.7 Å². The number of rotatable bonds is 7. The molecule has 0 radical (unpaired) electrons. The third kappa shape index (κ3) is 8.18. The molecule has 112 valence electrons. The SMILES string of the molecule is CC(CS(C)(=O)=O)NC(=O)CCOC1CCNCC1. The normalized spacial score (nSPS) is 19.1. The monoisotopic (exact) mass is 292 g/mol. The Kier molecular flexibility index (Phi) is 6.74. The Labute approximate surface area is 115 Å². The number of ether oxygens (including phenoxy) is 1. The summed E-state index contributed by atoms with van der Waals surface area (Å²) in [6.45, 7) is 4.00. The summed E-state index contributed by atoms with van der Waals surface area (Å²) in [6, 6.07) is -0.360. The number of piperidine rings is 1. The van der Waals surface area contributed by atoms with E-state index >= 15 is 0 Å². The first-order valence-electron chi connectivity index (χ1n) is 6.66. The summed E-state index contributed by atoms with van der Waals surface area (Å²) in [5.74, 6) is -0.196. The molecule has 2 N–H and O–H groups in total. The van der Waals surface area contributed by atoms with E-state index in [1.54, 1.807) is 6.92 Å². The highest BCUT2D eigenvalue weighted by Gasteiger charge is 2.15. The highest BCUT2D eigenvalue weighted by atomic mass is 32.2. The fourth-order valence-electron chi connectivity index (χ4n) is 2.12. The second-order valence-corrected chi connectivity index (χ2v) is 7.32. The van der Waals surface area contributed by atoms with Gasteiger partial charge in [-0.1, -0.05) is 0 Å². The van der Waals surface area contributed by atoms with Gasteiger partial charge in [0.15, 0.2) is 0 Å². The van der Waals surface area contributed by atoms with Crippen LogP contribution in [0, 0.1) is 0 Å². The van der Waals surface area contributed by atoms with Gasteiger partial charge in [-0.25, -0.2) is 8.42 Å². The van der Waals surface area contributed by atoms with E-state index in [4.69, 9.17) is 4.74 Å². The van der Waals surface area contributed by atoms with Gasteiger partial charge >= 0.3 is 0 Å². The Bertz CT molecular complexity index is 377. The molecular formula is C12H24N2O4S. The van der Waals surface area contributed by atoms with E-state index in [-0.39, 0.29) is 30.2 Å². The molecule has 0 bridgehead atoms. The fourth-order valence-corrected chi connectivity index (χ4v) is 3.11. The molecule has 1 heterocycles. The van der Waals surface area contributed by atoms with Crippen molar-refractivity contribution in [1.82, 2.24) is 10.6 Å². The van der Waals surface area contributed by atoms with Crippen molar-refractivity contribution in [2.75, 3.05) is 31.7 Å². The van der Waals surface area contributed by atoms with E-state index < -0.39 is 9.84 Å². The quantitative estimate of drug-likeness (QED) is 0.673. The summed E-state index contributed by atoms with van der Waals surface area (Å²) in [5, 5.41) is 5.91. The van der Waals surface area contributed by atoms with Crippen molar-refractivity contribution in [3.05, 3.63) is 0 Å². The molecule has 1 fully saturated rings. The first-order chi connectivity index (χ1) is 8.87. The molecule has 1 rings (SSSR count). The van der Waals surface area contributed by atoms with Gasteiger partial charge in [-0.15, -0.1) is 0 Å². The summed E-state index contributed by atoms with van der Waals surface area (Å²) in [7, 11) is -3.06. The molecule has 0 saturated carbocycles. The lowest BCUT2D eigenvalue weighted by Crippen LogP contribution is -2.38. The van der Waals surface area contributed by atoms with Gasteiger partial charge in [0.05, 0.1) is 18.5 Å². The van der Waals surface area contributed by atoms with Gasteiger partial charge in [0.25, 0.3) is 0 Å². The molecule has 0 aliphatic carbocycles. The molecule has 7 heteroatoms. The minimum absolute atomic E-state index is 0.0338. The second-order valence-electron chi connectivity index (χ2n) is 5.13. The van der Waals surface area contributed by atoms with Crippen LogP contribution in [0.15, 0.2) is 0 Å². The van der Waals surface area contributed by atoms with Crippen LogP contribution in [0.25, 0.3) is 0 Å². The van der Waals surface area contributed by atoms with Gasteiger partial charge < -0.3 is 15.4 Å². The van der Waals surface area contributed by atoms with Crippen molar-refractivity contribution in [2.24, 2.45) is 0 Å². The van der Waals surface area contributed by atoms with Crippen molar-refractivity contribution in [2.45, 2.75) is 38.3 Å². The Morgan fingerprint density at radius 2 is 2.05 bits per heavy atom. The van der Waals surface area contributed by atoms with Gasteiger partial charge in [-0.3, -0.25) is 4.79 Å². The Balaban J connectivity index is 2.13. The van der Waals surface area contributed by atoms with E-state index in [1.165, 1.54) is 0 Å². The maximum Gasteiger partial charge on any atom is 0.222 e. The molecular weight excluding hydrogens is 268 g/mol. The molecule has 1 unspecified atom stereocenters. The number of sulfone groups is 1. The number of hydrogen-bond donors (Lipinski definition) is 2. The van der Waals surface area contributed by atoms with Crippen LogP contribution < -0.4 is 10.6 Å². The lowest BCUT2D eigenvalue weighted by molar-refractivity contribution is -0.123. The van der Waals surface area contributed by atoms with Gasteiger partial charge in [0.1, 0.15) is 9.84 Å². The van der Waals surface area contributed by atoms with E-state index in [9.17, 15) is 13.2 Å². The molecule has 1 aliphatic rings. The van der Waals surface area contributed by atoms with E-state index in [2.05, 4.69) is 10.6 Å². The number of amides is 1. The van der Waals surface area contributed by atoms with Crippen LogP contribution in [0.4, 0.5) is 0 Å². The third-order valence-corrected chi connectivity index (χ3v) is 4.03. The average molecular weight is 292 g/mol. The summed E-state index contributed by atoms with van der Waals surface area (Å²) < 4.78 is 27.7. The van der Waals surface area contributed by atoms with Crippen LogP contribution in [0.1, 0.15) is 26.2 Å². The maximum atomic E-state index is 11.6. The van der Waals surface area contributed by atoms with Crippen molar-refractivity contribution in [1.29, 1.82) is 0 Å². The van der Waals surface area contributed by atoms with Crippen LogP contribution in [0.5, 0.6) is 0 Å². The van der Waals surface area contributed by atoms with E-state index in [0.717, 1.165) is 32.2 Å². The van der Waals surface area contributed by atoms with Gasteiger partial charge in [-0.05, 0) is 32.9 Å². The number of carbonyl (C=O) groups excluding carboxylic acids is 1. The molecule has 0 aromatic rings. The van der Waals surface area contributed by atoms with Crippen LogP contribution in [0.2, 0.25) is 0 Å². The lowest BCUT2D eigenvalue weighted by atomic mass is 10.1. The van der Waals surface area contributed by atoms with Crippen LogP contribution >= 0.6 is 0 Å². The van der Waals surface area contributed by atoms with Crippen LogP contribution in [0.3, 0.4) is 0 Å². The summed E-state index contributed by atoms with van der Waals surface area (Å²) in [6.07, 6.45) is 3.63. The zero-order valence-electron chi connectivity index (χ0n) is 11.6. The minimum atomic E-state index is -3.06. The largest absolute Gasteiger partial charge is 0.378 e. The Morgan fingerprint density at radius 1 is 1.42 bits per heavy atom. The summed E-state index contributed by atoms with van der Waals surface area (Å²) in [4.78, 5) is 11.6. The first-order valence-corrected chi connectivity index (χ1v) is 8.72. The maximum absolute atomic E-state index is 11.6. The van der Waals surface area contributed by atoms with Crippen molar-refractivity contribution in [3.8, 4) is 0 Å². The van der Waals surface area contributed by atoms with E-state index in [0.29, 0.717) is 6.61 Å². The first kappa shape index (κ1) is 16.4. The zero-order valence-corrected chi connectivity index (χ0v) is 12.5.